The molecule has 0 saturated heterocycles. The van der Waals surface area contributed by atoms with Gasteiger partial charge in [-0.1, -0.05) is 29.8 Å². The lowest BCUT2D eigenvalue weighted by atomic mass is 10.2. The molecular weight excluding hydrogens is 510 g/mol. The minimum atomic E-state index is -4.97. The predicted molar refractivity (Wildman–Crippen MR) is 113 cm³/mol. The first-order chi connectivity index (χ1) is 15.8. The van der Waals surface area contributed by atoms with E-state index in [2.05, 4.69) is 9.72 Å². The van der Waals surface area contributed by atoms with Crippen molar-refractivity contribution in [2.45, 2.75) is 24.0 Å². The van der Waals surface area contributed by atoms with Crippen molar-refractivity contribution in [3.05, 3.63) is 82.5 Å². The first kappa shape index (κ1) is 25.5. The number of halogens is 7. The summed E-state index contributed by atoms with van der Waals surface area (Å²) in [4.78, 5) is 15.3. The van der Waals surface area contributed by atoms with E-state index in [-0.39, 0.29) is 23.5 Å². The molecule has 13 heteroatoms. The monoisotopic (exact) mass is 522 g/mol. The van der Waals surface area contributed by atoms with Gasteiger partial charge in [-0.25, -0.2) is 9.78 Å². The Morgan fingerprint density at radius 3 is 2.26 bits per heavy atom. The molecule has 0 saturated carbocycles. The van der Waals surface area contributed by atoms with Crippen molar-refractivity contribution in [3.8, 4) is 5.75 Å². The Bertz CT molecular complexity index is 1170. The number of alkyl halides is 6. The van der Waals surface area contributed by atoms with E-state index in [0.29, 0.717) is 17.2 Å². The molecule has 0 unspecified atom stereocenters. The maximum atomic E-state index is 13.0. The quantitative estimate of drug-likeness (QED) is 0.265. The molecule has 0 bridgehead atoms. The van der Waals surface area contributed by atoms with Crippen LogP contribution in [0.2, 0.25) is 5.02 Å². The van der Waals surface area contributed by atoms with Gasteiger partial charge < -0.3 is 9.84 Å². The summed E-state index contributed by atoms with van der Waals surface area (Å²) >= 11 is 6.96. The molecular formula is C21H13ClF6N2O3S. The Balaban J connectivity index is 2.00. The van der Waals surface area contributed by atoms with Crippen LogP contribution in [0.5, 0.6) is 5.75 Å². The summed E-state index contributed by atoms with van der Waals surface area (Å²) < 4.78 is 82.9. The molecule has 0 radical (unpaired) electrons. The lowest BCUT2D eigenvalue weighted by molar-refractivity contribution is -0.274. The van der Waals surface area contributed by atoms with E-state index >= 15 is 0 Å². The highest BCUT2D eigenvalue weighted by Crippen LogP contribution is 2.39. The van der Waals surface area contributed by atoms with Crippen LogP contribution in [0, 0.1) is 0 Å². The highest BCUT2D eigenvalue weighted by atomic mass is 35.5. The molecule has 0 aliphatic rings. The van der Waals surface area contributed by atoms with E-state index in [1.807, 2.05) is 0 Å². The van der Waals surface area contributed by atoms with Crippen molar-refractivity contribution < 1.29 is 41.0 Å². The molecule has 0 aliphatic heterocycles. The molecule has 1 N–H and O–H groups in total. The molecule has 3 rings (SSSR count). The van der Waals surface area contributed by atoms with E-state index in [9.17, 15) is 31.1 Å². The minimum absolute atomic E-state index is 0.00879. The van der Waals surface area contributed by atoms with Gasteiger partial charge in [0.25, 0.3) is 0 Å². The number of pyridine rings is 1. The second-order valence-corrected chi connectivity index (χ2v) is 8.14. The number of anilines is 1. The first-order valence-electron chi connectivity index (χ1n) is 9.19. The van der Waals surface area contributed by atoms with Gasteiger partial charge in [-0.15, -0.1) is 13.2 Å². The molecule has 1 heterocycles. The Labute approximate surface area is 198 Å². The number of carboxylic acids is 1. The third-order valence-electron chi connectivity index (χ3n) is 4.21. The van der Waals surface area contributed by atoms with Crippen LogP contribution in [-0.4, -0.2) is 22.4 Å². The third kappa shape index (κ3) is 6.70. The Morgan fingerprint density at radius 1 is 1.06 bits per heavy atom. The molecule has 0 aliphatic carbocycles. The number of aromatic carboxylic acids is 1. The third-order valence-corrected chi connectivity index (χ3v) is 5.50. The minimum Gasteiger partial charge on any atom is -0.478 e. The highest BCUT2D eigenvalue weighted by molar-refractivity contribution is 8.00. The molecule has 34 heavy (non-hydrogen) atoms. The first-order valence-corrected chi connectivity index (χ1v) is 10.3. The zero-order valence-electron chi connectivity index (χ0n) is 16.7. The van der Waals surface area contributed by atoms with Crippen LogP contribution in [0.1, 0.15) is 21.5 Å². The summed E-state index contributed by atoms with van der Waals surface area (Å²) in [5.41, 5.74) is -1.06. The van der Waals surface area contributed by atoms with E-state index < -0.39 is 34.8 Å². The fraction of sp³-hybridized carbons (Fsp3) is 0.143. The molecule has 1 aromatic heterocycles. The van der Waals surface area contributed by atoms with E-state index in [1.165, 1.54) is 46.8 Å². The smallest absolute Gasteiger partial charge is 0.478 e. The zero-order chi connectivity index (χ0) is 25.1. The fourth-order valence-corrected chi connectivity index (χ4v) is 3.99. The van der Waals surface area contributed by atoms with Crippen LogP contribution in [0.15, 0.2) is 65.7 Å². The van der Waals surface area contributed by atoms with Crippen LogP contribution < -0.4 is 9.04 Å². The van der Waals surface area contributed by atoms with Gasteiger partial charge in [0, 0.05) is 16.7 Å². The summed E-state index contributed by atoms with van der Waals surface area (Å²) in [6, 6.07) is 11.3. The van der Waals surface area contributed by atoms with Crippen molar-refractivity contribution in [3.63, 3.8) is 0 Å². The van der Waals surface area contributed by atoms with Gasteiger partial charge in [0.05, 0.1) is 22.7 Å². The van der Waals surface area contributed by atoms with Crippen molar-refractivity contribution >= 4 is 35.3 Å². The van der Waals surface area contributed by atoms with Gasteiger partial charge in [0.2, 0.25) is 0 Å². The van der Waals surface area contributed by atoms with Crippen LogP contribution in [0.25, 0.3) is 0 Å². The van der Waals surface area contributed by atoms with Gasteiger partial charge in [-0.2, -0.15) is 13.2 Å². The molecule has 3 aromatic rings. The Kier molecular flexibility index (Phi) is 7.51. The van der Waals surface area contributed by atoms with E-state index in [1.54, 1.807) is 0 Å². The van der Waals surface area contributed by atoms with Gasteiger partial charge in [-0.05, 0) is 48.3 Å². The molecule has 5 nitrogen and oxygen atoms in total. The second-order valence-electron chi connectivity index (χ2n) is 6.64. The SMILES string of the molecule is O=C(O)c1ccc(SN(Cc2ccccc2OC(F)(F)F)c2ncc(C(F)(F)F)cc2Cl)cc1. The number of carbonyl (C=O) groups is 1. The molecule has 0 atom stereocenters. The average molecular weight is 523 g/mol. The summed E-state index contributed by atoms with van der Waals surface area (Å²) in [6.07, 6.45) is -9.11. The standard InChI is InChI=1S/C21H13ClF6N2O3S/c22-16-9-14(20(23,24)25)10-29-18(16)30(34-15-7-5-12(6-8-15)19(31)32)11-13-3-1-2-4-17(13)33-21(26,27)28/h1-10H,11H2,(H,31,32). The Morgan fingerprint density at radius 2 is 1.71 bits per heavy atom. The van der Waals surface area contributed by atoms with Gasteiger partial charge in [0.15, 0.2) is 5.82 Å². The molecule has 0 fully saturated rings. The highest BCUT2D eigenvalue weighted by Gasteiger charge is 2.33. The lowest BCUT2D eigenvalue weighted by Crippen LogP contribution is -2.21. The summed E-state index contributed by atoms with van der Waals surface area (Å²) in [5.74, 6) is -1.83. The van der Waals surface area contributed by atoms with Crippen molar-refractivity contribution in [1.29, 1.82) is 0 Å². The number of nitrogens with zero attached hydrogens (tertiary/aromatic N) is 2. The van der Waals surface area contributed by atoms with Crippen molar-refractivity contribution in [2.75, 3.05) is 4.31 Å². The number of hydrogen-bond donors (Lipinski definition) is 1. The van der Waals surface area contributed by atoms with Gasteiger partial charge >= 0.3 is 18.5 Å². The predicted octanol–water partition coefficient (Wildman–Crippen LogP) is 7.06. The Hall–Kier alpha value is -3.12. The summed E-state index contributed by atoms with van der Waals surface area (Å²) in [5, 5.41) is 8.65. The average Bonchev–Trinajstić information content (AvgIpc) is 2.73. The number of ether oxygens (including phenoxy) is 1. The maximum absolute atomic E-state index is 13.0. The number of hydrogen-bond acceptors (Lipinski definition) is 5. The van der Waals surface area contributed by atoms with Gasteiger partial charge in [0.1, 0.15) is 5.75 Å². The maximum Gasteiger partial charge on any atom is 0.573 e. The van der Waals surface area contributed by atoms with Crippen molar-refractivity contribution in [1.82, 2.24) is 4.98 Å². The van der Waals surface area contributed by atoms with Crippen LogP contribution >= 0.6 is 23.5 Å². The summed E-state index contributed by atoms with van der Waals surface area (Å²) in [6.45, 7) is -0.296. The normalized spacial score (nSPS) is 11.9. The number of rotatable bonds is 7. The molecule has 2 aromatic carbocycles. The van der Waals surface area contributed by atoms with E-state index in [4.69, 9.17) is 16.7 Å². The largest absolute Gasteiger partial charge is 0.573 e. The summed E-state index contributed by atoms with van der Waals surface area (Å²) in [7, 11) is 0. The number of benzene rings is 2. The molecule has 180 valence electrons. The lowest BCUT2D eigenvalue weighted by Gasteiger charge is -2.25. The second kappa shape index (κ2) is 10.0. The van der Waals surface area contributed by atoms with Crippen LogP contribution in [0.3, 0.4) is 0 Å². The fourth-order valence-electron chi connectivity index (χ4n) is 2.72. The van der Waals surface area contributed by atoms with E-state index in [0.717, 1.165) is 18.0 Å². The van der Waals surface area contributed by atoms with Crippen LogP contribution in [-0.2, 0) is 12.7 Å². The zero-order valence-corrected chi connectivity index (χ0v) is 18.3. The number of para-hydroxylation sites is 1. The van der Waals surface area contributed by atoms with Gasteiger partial charge in [-0.3, -0.25) is 4.31 Å². The topological polar surface area (TPSA) is 62.7 Å². The molecule has 0 spiro atoms. The number of carboxylic acid groups (broad SMARTS) is 1. The van der Waals surface area contributed by atoms with Crippen LogP contribution in [0.4, 0.5) is 32.2 Å². The van der Waals surface area contributed by atoms with Crippen molar-refractivity contribution in [2.24, 2.45) is 0 Å². The number of aromatic nitrogens is 1. The molecule has 0 amide bonds.